The van der Waals surface area contributed by atoms with E-state index in [-0.39, 0.29) is 11.6 Å². The molecular weight excluding hydrogens is 348 g/mol. The number of hydrogen-bond acceptors (Lipinski definition) is 3. The van der Waals surface area contributed by atoms with Crippen LogP contribution in [0.5, 0.6) is 0 Å². The zero-order valence-electron chi connectivity index (χ0n) is 17.3. The summed E-state index contributed by atoms with van der Waals surface area (Å²) in [4.78, 5) is 17.0. The number of carbonyl (C=O) groups is 1. The van der Waals surface area contributed by atoms with E-state index in [9.17, 15) is 4.79 Å². The van der Waals surface area contributed by atoms with Gasteiger partial charge in [-0.1, -0.05) is 74.5 Å². The smallest absolute Gasteiger partial charge is 0.410 e. The SMILES string of the molecule is CCN(CC[C@@]1(C)[C@@H](C)CN1C(=O)OCc1ccccc1)Cc1ccccc1. The first kappa shape index (κ1) is 20.4. The van der Waals surface area contributed by atoms with Crippen LogP contribution in [-0.2, 0) is 17.9 Å². The average Bonchev–Trinajstić information content (AvgIpc) is 2.74. The van der Waals surface area contributed by atoms with E-state index in [1.54, 1.807) is 0 Å². The molecule has 2 aromatic carbocycles. The van der Waals surface area contributed by atoms with Crippen molar-refractivity contribution in [3.63, 3.8) is 0 Å². The third-order valence-corrected chi connectivity index (χ3v) is 6.19. The van der Waals surface area contributed by atoms with E-state index >= 15 is 0 Å². The van der Waals surface area contributed by atoms with Crippen LogP contribution in [0.1, 0.15) is 38.3 Å². The zero-order valence-corrected chi connectivity index (χ0v) is 17.3. The molecule has 0 bridgehead atoms. The zero-order chi connectivity index (χ0) is 20.0. The molecule has 3 rings (SSSR count). The molecule has 1 aliphatic heterocycles. The summed E-state index contributed by atoms with van der Waals surface area (Å²) in [5.74, 6) is 0.479. The maximum atomic E-state index is 12.7. The maximum absolute atomic E-state index is 12.7. The summed E-state index contributed by atoms with van der Waals surface area (Å²) in [6, 6.07) is 20.4. The first-order valence-electron chi connectivity index (χ1n) is 10.3. The highest BCUT2D eigenvalue weighted by Crippen LogP contribution is 2.39. The van der Waals surface area contributed by atoms with Gasteiger partial charge in [0.2, 0.25) is 0 Å². The van der Waals surface area contributed by atoms with Gasteiger partial charge in [0.15, 0.2) is 0 Å². The second kappa shape index (κ2) is 9.24. The van der Waals surface area contributed by atoms with Gasteiger partial charge in [-0.15, -0.1) is 0 Å². The van der Waals surface area contributed by atoms with Crippen LogP contribution in [0.25, 0.3) is 0 Å². The number of benzene rings is 2. The van der Waals surface area contributed by atoms with Crippen molar-refractivity contribution in [1.29, 1.82) is 0 Å². The van der Waals surface area contributed by atoms with E-state index < -0.39 is 0 Å². The van der Waals surface area contributed by atoms with Crippen LogP contribution in [0.15, 0.2) is 60.7 Å². The second-order valence-electron chi connectivity index (χ2n) is 8.01. The third-order valence-electron chi connectivity index (χ3n) is 6.19. The van der Waals surface area contributed by atoms with Crippen molar-refractivity contribution in [2.45, 2.75) is 45.9 Å². The Bertz CT molecular complexity index is 750. The molecular formula is C24H32N2O2. The molecule has 150 valence electrons. The van der Waals surface area contributed by atoms with E-state index in [2.05, 4.69) is 56.0 Å². The molecule has 0 aromatic heterocycles. The lowest BCUT2D eigenvalue weighted by Crippen LogP contribution is -2.67. The number of carbonyl (C=O) groups excluding carboxylic acids is 1. The van der Waals surface area contributed by atoms with Gasteiger partial charge in [-0.05, 0) is 36.9 Å². The number of rotatable bonds is 8. The van der Waals surface area contributed by atoms with Crippen molar-refractivity contribution in [2.24, 2.45) is 5.92 Å². The van der Waals surface area contributed by atoms with Crippen LogP contribution < -0.4 is 0 Å². The predicted molar refractivity (Wildman–Crippen MR) is 113 cm³/mol. The molecule has 1 amide bonds. The molecule has 0 unspecified atom stereocenters. The molecule has 1 fully saturated rings. The Labute approximate surface area is 169 Å². The summed E-state index contributed by atoms with van der Waals surface area (Å²) in [6.07, 6.45) is 0.755. The lowest BCUT2D eigenvalue weighted by molar-refractivity contribution is -0.0612. The molecule has 0 spiro atoms. The fourth-order valence-electron chi connectivity index (χ4n) is 3.87. The summed E-state index contributed by atoms with van der Waals surface area (Å²) in [5.41, 5.74) is 2.21. The lowest BCUT2D eigenvalue weighted by atomic mass is 9.74. The summed E-state index contributed by atoms with van der Waals surface area (Å²) in [7, 11) is 0. The van der Waals surface area contributed by atoms with Crippen molar-refractivity contribution >= 4 is 6.09 Å². The van der Waals surface area contributed by atoms with Crippen molar-refractivity contribution in [3.05, 3.63) is 71.8 Å². The van der Waals surface area contributed by atoms with E-state index in [0.717, 1.165) is 38.2 Å². The Hall–Kier alpha value is -2.33. The summed E-state index contributed by atoms with van der Waals surface area (Å²) >= 11 is 0. The third kappa shape index (κ3) is 4.74. The lowest BCUT2D eigenvalue weighted by Gasteiger charge is -2.55. The highest BCUT2D eigenvalue weighted by molar-refractivity contribution is 5.70. The molecule has 0 aliphatic carbocycles. The molecule has 0 radical (unpaired) electrons. The molecule has 0 saturated carbocycles. The van der Waals surface area contributed by atoms with Gasteiger partial charge in [0.05, 0.1) is 0 Å². The van der Waals surface area contributed by atoms with Crippen LogP contribution in [0.4, 0.5) is 4.79 Å². The topological polar surface area (TPSA) is 32.8 Å². The van der Waals surface area contributed by atoms with Gasteiger partial charge in [-0.2, -0.15) is 0 Å². The molecule has 2 atom stereocenters. The van der Waals surface area contributed by atoms with E-state index in [1.807, 2.05) is 35.2 Å². The molecule has 1 aliphatic rings. The van der Waals surface area contributed by atoms with Crippen molar-refractivity contribution in [3.8, 4) is 0 Å². The highest BCUT2D eigenvalue weighted by Gasteiger charge is 2.50. The molecule has 2 aromatic rings. The van der Waals surface area contributed by atoms with Gasteiger partial charge >= 0.3 is 6.09 Å². The van der Waals surface area contributed by atoms with E-state index in [0.29, 0.717) is 12.5 Å². The fraction of sp³-hybridized carbons (Fsp3) is 0.458. The van der Waals surface area contributed by atoms with E-state index in [4.69, 9.17) is 4.74 Å². The number of amides is 1. The van der Waals surface area contributed by atoms with Crippen LogP contribution in [0.3, 0.4) is 0 Å². The summed E-state index contributed by atoms with van der Waals surface area (Å²) in [6.45, 7) is 10.6. The van der Waals surface area contributed by atoms with Crippen LogP contribution in [-0.4, -0.2) is 41.1 Å². The monoisotopic (exact) mass is 380 g/mol. The van der Waals surface area contributed by atoms with Gasteiger partial charge in [-0.3, -0.25) is 4.90 Å². The Kier molecular flexibility index (Phi) is 6.74. The van der Waals surface area contributed by atoms with E-state index in [1.165, 1.54) is 5.56 Å². The van der Waals surface area contributed by atoms with Crippen LogP contribution in [0, 0.1) is 5.92 Å². The number of likely N-dealkylation sites (tertiary alicyclic amines) is 1. The quantitative estimate of drug-likeness (QED) is 0.650. The molecule has 4 nitrogen and oxygen atoms in total. The molecule has 0 N–H and O–H groups in total. The van der Waals surface area contributed by atoms with Gasteiger partial charge in [-0.25, -0.2) is 4.79 Å². The Balaban J connectivity index is 1.54. The first-order chi connectivity index (χ1) is 13.5. The minimum atomic E-state index is -0.199. The first-order valence-corrected chi connectivity index (χ1v) is 10.3. The molecule has 4 heteroatoms. The van der Waals surface area contributed by atoms with Crippen molar-refractivity contribution in [1.82, 2.24) is 9.80 Å². The normalized spacial score (nSPS) is 21.4. The van der Waals surface area contributed by atoms with Gasteiger partial charge < -0.3 is 9.64 Å². The predicted octanol–water partition coefficient (Wildman–Crippen LogP) is 4.95. The highest BCUT2D eigenvalue weighted by atomic mass is 16.6. The van der Waals surface area contributed by atoms with Crippen molar-refractivity contribution < 1.29 is 9.53 Å². The van der Waals surface area contributed by atoms with Crippen molar-refractivity contribution in [2.75, 3.05) is 19.6 Å². The maximum Gasteiger partial charge on any atom is 0.410 e. The number of nitrogens with zero attached hydrogens (tertiary/aromatic N) is 2. The van der Waals surface area contributed by atoms with Gasteiger partial charge in [0.25, 0.3) is 0 Å². The molecule has 1 saturated heterocycles. The van der Waals surface area contributed by atoms with Crippen LogP contribution in [0.2, 0.25) is 0 Å². The second-order valence-corrected chi connectivity index (χ2v) is 8.01. The molecule has 1 heterocycles. The largest absolute Gasteiger partial charge is 0.445 e. The summed E-state index contributed by atoms with van der Waals surface area (Å²) < 4.78 is 5.58. The fourth-order valence-corrected chi connectivity index (χ4v) is 3.87. The Morgan fingerprint density at radius 3 is 2.29 bits per heavy atom. The Morgan fingerprint density at radius 2 is 1.71 bits per heavy atom. The Morgan fingerprint density at radius 1 is 1.11 bits per heavy atom. The van der Waals surface area contributed by atoms with Gasteiger partial charge in [0.1, 0.15) is 6.61 Å². The minimum absolute atomic E-state index is 0.141. The number of hydrogen-bond donors (Lipinski definition) is 0. The standard InChI is InChI=1S/C24H32N2O2/c1-4-25(18-21-11-7-5-8-12-21)16-15-24(3)20(2)17-26(24)23(27)28-19-22-13-9-6-10-14-22/h5-14,20H,4,15-19H2,1-3H3/t20-,24-/m0/s1. The molecule has 28 heavy (non-hydrogen) atoms. The minimum Gasteiger partial charge on any atom is -0.445 e. The summed E-state index contributed by atoms with van der Waals surface area (Å²) in [5, 5.41) is 0. The average molecular weight is 381 g/mol. The number of ether oxygens (including phenoxy) is 1. The van der Waals surface area contributed by atoms with Crippen LogP contribution >= 0.6 is 0 Å². The van der Waals surface area contributed by atoms with Gasteiger partial charge in [0, 0.05) is 25.2 Å².